The number of hydrogen-bond donors (Lipinski definition) is 1. The van der Waals surface area contributed by atoms with E-state index in [9.17, 15) is 4.79 Å². The number of nitrogens with one attached hydrogen (secondary N) is 1. The summed E-state index contributed by atoms with van der Waals surface area (Å²) in [6, 6.07) is 7.79. The molecule has 0 aliphatic heterocycles. The van der Waals surface area contributed by atoms with Crippen molar-refractivity contribution in [2.24, 2.45) is 7.05 Å². The molecule has 0 aromatic carbocycles. The predicted molar refractivity (Wildman–Crippen MR) is 69.0 cm³/mol. The summed E-state index contributed by atoms with van der Waals surface area (Å²) >= 11 is 0. The fourth-order valence-electron chi connectivity index (χ4n) is 1.81. The SMILES string of the molecule is Cc1ccc(CNC(=O)CCc2ccco2)n1C. The standard InChI is InChI=1S/C14H18N2O2/c1-11-5-6-12(16(11)2)10-15-14(17)8-7-13-4-3-9-18-13/h3-6,9H,7-8,10H2,1-2H3,(H,15,17). The van der Waals surface area contributed by atoms with Gasteiger partial charge in [0.2, 0.25) is 5.91 Å². The molecule has 0 aliphatic carbocycles. The lowest BCUT2D eigenvalue weighted by molar-refractivity contribution is -0.121. The zero-order chi connectivity index (χ0) is 13.0. The van der Waals surface area contributed by atoms with Crippen LogP contribution in [0.2, 0.25) is 0 Å². The molecule has 0 saturated heterocycles. The Labute approximate surface area is 107 Å². The number of amides is 1. The van der Waals surface area contributed by atoms with Crippen LogP contribution in [0.25, 0.3) is 0 Å². The van der Waals surface area contributed by atoms with Crippen molar-refractivity contribution in [2.45, 2.75) is 26.3 Å². The third-order valence-corrected chi connectivity index (χ3v) is 3.12. The number of hydrogen-bond acceptors (Lipinski definition) is 2. The van der Waals surface area contributed by atoms with Crippen LogP contribution in [0.15, 0.2) is 34.9 Å². The quantitative estimate of drug-likeness (QED) is 0.879. The number of carbonyl (C=O) groups excluding carboxylic acids is 1. The molecule has 0 saturated carbocycles. The van der Waals surface area contributed by atoms with Crippen LogP contribution in [0.4, 0.5) is 0 Å². The van der Waals surface area contributed by atoms with E-state index >= 15 is 0 Å². The second-order valence-corrected chi connectivity index (χ2v) is 4.38. The number of nitrogens with zero attached hydrogens (tertiary/aromatic N) is 1. The lowest BCUT2D eigenvalue weighted by Gasteiger charge is -2.07. The first-order valence-electron chi connectivity index (χ1n) is 6.07. The van der Waals surface area contributed by atoms with Gasteiger partial charge in [0.15, 0.2) is 0 Å². The summed E-state index contributed by atoms with van der Waals surface area (Å²) in [6.45, 7) is 2.61. The maximum absolute atomic E-state index is 11.7. The van der Waals surface area contributed by atoms with Crippen LogP contribution in [0.1, 0.15) is 23.6 Å². The largest absolute Gasteiger partial charge is 0.469 e. The molecule has 2 heterocycles. The topological polar surface area (TPSA) is 47.2 Å². The van der Waals surface area contributed by atoms with Crippen molar-refractivity contribution in [1.29, 1.82) is 0 Å². The molecule has 2 aromatic heterocycles. The van der Waals surface area contributed by atoms with Crippen LogP contribution >= 0.6 is 0 Å². The molecule has 0 spiro atoms. The average Bonchev–Trinajstić information content (AvgIpc) is 2.97. The summed E-state index contributed by atoms with van der Waals surface area (Å²) in [5.74, 6) is 0.894. The van der Waals surface area contributed by atoms with E-state index in [0.717, 1.165) is 11.5 Å². The predicted octanol–water partition coefficient (Wildman–Crippen LogP) is 2.18. The van der Waals surface area contributed by atoms with E-state index in [-0.39, 0.29) is 5.91 Å². The van der Waals surface area contributed by atoms with Gasteiger partial charge in [0, 0.05) is 31.3 Å². The zero-order valence-corrected chi connectivity index (χ0v) is 10.8. The van der Waals surface area contributed by atoms with Crippen molar-refractivity contribution in [1.82, 2.24) is 9.88 Å². The number of aromatic nitrogens is 1. The summed E-state index contributed by atoms with van der Waals surface area (Å²) in [5.41, 5.74) is 2.30. The van der Waals surface area contributed by atoms with Crippen LogP contribution < -0.4 is 5.32 Å². The highest BCUT2D eigenvalue weighted by molar-refractivity contribution is 5.76. The van der Waals surface area contributed by atoms with Gasteiger partial charge in [0.25, 0.3) is 0 Å². The highest BCUT2D eigenvalue weighted by atomic mass is 16.3. The Balaban J connectivity index is 1.76. The van der Waals surface area contributed by atoms with Gasteiger partial charge in [0.05, 0.1) is 12.8 Å². The van der Waals surface area contributed by atoms with Gasteiger partial charge in [-0.2, -0.15) is 0 Å². The molecule has 0 atom stereocenters. The Morgan fingerprint density at radius 2 is 2.22 bits per heavy atom. The lowest BCUT2D eigenvalue weighted by Crippen LogP contribution is -2.24. The molecule has 4 heteroatoms. The lowest BCUT2D eigenvalue weighted by atomic mass is 10.2. The molecule has 0 aliphatic rings. The number of furan rings is 1. The molecule has 96 valence electrons. The van der Waals surface area contributed by atoms with E-state index in [1.54, 1.807) is 6.26 Å². The number of aryl methyl sites for hydroxylation is 2. The fraction of sp³-hybridized carbons (Fsp3) is 0.357. The van der Waals surface area contributed by atoms with Crippen LogP contribution in [0.5, 0.6) is 0 Å². The fourth-order valence-corrected chi connectivity index (χ4v) is 1.81. The Kier molecular flexibility index (Phi) is 3.87. The molecule has 0 unspecified atom stereocenters. The minimum absolute atomic E-state index is 0.0465. The monoisotopic (exact) mass is 246 g/mol. The molecule has 1 amide bonds. The van der Waals surface area contributed by atoms with Crippen LogP contribution in [-0.4, -0.2) is 10.5 Å². The minimum atomic E-state index is 0.0465. The van der Waals surface area contributed by atoms with Gasteiger partial charge in [-0.25, -0.2) is 0 Å². The van der Waals surface area contributed by atoms with Crippen molar-refractivity contribution >= 4 is 5.91 Å². The molecule has 2 rings (SSSR count). The van der Waals surface area contributed by atoms with E-state index < -0.39 is 0 Å². The molecular formula is C14H18N2O2. The van der Waals surface area contributed by atoms with Gasteiger partial charge in [-0.3, -0.25) is 4.79 Å². The minimum Gasteiger partial charge on any atom is -0.469 e. The zero-order valence-electron chi connectivity index (χ0n) is 10.8. The van der Waals surface area contributed by atoms with E-state index in [1.807, 2.05) is 38.2 Å². The molecule has 2 aromatic rings. The third-order valence-electron chi connectivity index (χ3n) is 3.12. The van der Waals surface area contributed by atoms with Gasteiger partial charge >= 0.3 is 0 Å². The first-order valence-corrected chi connectivity index (χ1v) is 6.07. The Hall–Kier alpha value is -1.97. The number of carbonyl (C=O) groups is 1. The number of rotatable bonds is 5. The van der Waals surface area contributed by atoms with E-state index in [0.29, 0.717) is 19.4 Å². The molecular weight excluding hydrogens is 228 g/mol. The summed E-state index contributed by atoms with van der Waals surface area (Å²) in [7, 11) is 2.00. The molecule has 4 nitrogen and oxygen atoms in total. The van der Waals surface area contributed by atoms with Gasteiger partial charge in [-0.1, -0.05) is 0 Å². The molecule has 18 heavy (non-hydrogen) atoms. The van der Waals surface area contributed by atoms with Gasteiger partial charge in [0.1, 0.15) is 5.76 Å². The van der Waals surface area contributed by atoms with Crippen LogP contribution in [0, 0.1) is 6.92 Å². The van der Waals surface area contributed by atoms with Gasteiger partial charge in [-0.05, 0) is 31.2 Å². The maximum Gasteiger partial charge on any atom is 0.220 e. The smallest absolute Gasteiger partial charge is 0.220 e. The van der Waals surface area contributed by atoms with Crippen molar-refractivity contribution in [3.8, 4) is 0 Å². The molecule has 0 radical (unpaired) electrons. The van der Waals surface area contributed by atoms with Gasteiger partial charge < -0.3 is 14.3 Å². The summed E-state index contributed by atoms with van der Waals surface area (Å²) in [4.78, 5) is 11.7. The first-order chi connectivity index (χ1) is 8.66. The molecule has 0 bridgehead atoms. The van der Waals surface area contributed by atoms with E-state index in [4.69, 9.17) is 4.42 Å². The normalized spacial score (nSPS) is 10.6. The average molecular weight is 246 g/mol. The Morgan fingerprint density at radius 3 is 2.83 bits per heavy atom. The van der Waals surface area contributed by atoms with Crippen LogP contribution in [-0.2, 0) is 24.8 Å². The highest BCUT2D eigenvalue weighted by Gasteiger charge is 2.06. The Bertz CT molecular complexity index is 512. The van der Waals surface area contributed by atoms with Crippen molar-refractivity contribution in [3.05, 3.63) is 47.7 Å². The van der Waals surface area contributed by atoms with Crippen LogP contribution in [0.3, 0.4) is 0 Å². The first kappa shape index (κ1) is 12.5. The van der Waals surface area contributed by atoms with E-state index in [1.165, 1.54) is 5.69 Å². The second kappa shape index (κ2) is 5.58. The Morgan fingerprint density at radius 1 is 1.39 bits per heavy atom. The second-order valence-electron chi connectivity index (χ2n) is 4.38. The third kappa shape index (κ3) is 3.03. The van der Waals surface area contributed by atoms with Gasteiger partial charge in [-0.15, -0.1) is 0 Å². The van der Waals surface area contributed by atoms with E-state index in [2.05, 4.69) is 9.88 Å². The van der Waals surface area contributed by atoms with Crippen molar-refractivity contribution in [3.63, 3.8) is 0 Å². The molecule has 1 N–H and O–H groups in total. The van der Waals surface area contributed by atoms with Crippen molar-refractivity contribution in [2.75, 3.05) is 0 Å². The maximum atomic E-state index is 11.7. The highest BCUT2D eigenvalue weighted by Crippen LogP contribution is 2.06. The summed E-state index contributed by atoms with van der Waals surface area (Å²) in [6.07, 6.45) is 2.72. The molecule has 0 fully saturated rings. The van der Waals surface area contributed by atoms with Crippen molar-refractivity contribution < 1.29 is 9.21 Å². The summed E-state index contributed by atoms with van der Waals surface area (Å²) < 4.78 is 7.26. The summed E-state index contributed by atoms with van der Waals surface area (Å²) in [5, 5.41) is 2.91.